The molecule has 9 heteroatoms. The number of nitrogens with zero attached hydrogens (tertiary/aromatic N) is 1. The summed E-state index contributed by atoms with van der Waals surface area (Å²) in [5.74, 6) is -0.586. The predicted octanol–water partition coefficient (Wildman–Crippen LogP) is 2.63. The molecule has 0 aliphatic rings. The molecule has 0 bridgehead atoms. The van der Waals surface area contributed by atoms with E-state index in [0.29, 0.717) is 6.07 Å². The molecular weight excluding hydrogens is 345 g/mol. The molecule has 1 N–H and O–H groups in total. The van der Waals surface area contributed by atoms with E-state index in [1.807, 2.05) is 0 Å². The van der Waals surface area contributed by atoms with Crippen molar-refractivity contribution in [2.24, 2.45) is 0 Å². The lowest BCUT2D eigenvalue weighted by molar-refractivity contribution is -0.139. The van der Waals surface area contributed by atoms with Crippen LogP contribution in [0.1, 0.15) is 33.3 Å². The number of alkyl halides is 3. The number of carbonyl (C=O) groups is 1. The van der Waals surface area contributed by atoms with Gasteiger partial charge in [0.15, 0.2) is 0 Å². The van der Waals surface area contributed by atoms with Gasteiger partial charge in [0.1, 0.15) is 0 Å². The van der Waals surface area contributed by atoms with Gasteiger partial charge in [-0.05, 0) is 32.9 Å². The monoisotopic (exact) mass is 366 g/mol. The van der Waals surface area contributed by atoms with Crippen molar-refractivity contribution in [1.82, 2.24) is 9.62 Å². The molecule has 1 rings (SSSR count). The Labute approximate surface area is 139 Å². The lowest BCUT2D eigenvalue weighted by atomic mass is 10.1. The first-order valence-electron chi connectivity index (χ1n) is 7.26. The van der Waals surface area contributed by atoms with Crippen LogP contribution in [0.3, 0.4) is 0 Å². The summed E-state index contributed by atoms with van der Waals surface area (Å²) in [7, 11) is -4.46. The van der Waals surface area contributed by atoms with Crippen molar-refractivity contribution in [1.29, 1.82) is 0 Å². The minimum Gasteiger partial charge on any atom is -0.350 e. The van der Waals surface area contributed by atoms with Crippen LogP contribution >= 0.6 is 0 Å². The molecule has 0 radical (unpaired) electrons. The molecular formula is C15H21F3N2O3S. The van der Waals surface area contributed by atoms with E-state index in [1.54, 1.807) is 20.8 Å². The molecule has 5 nitrogen and oxygen atoms in total. The number of sulfonamides is 1. The van der Waals surface area contributed by atoms with Crippen molar-refractivity contribution >= 4 is 15.9 Å². The summed E-state index contributed by atoms with van der Waals surface area (Å²) in [6.07, 6.45) is -4.81. The van der Waals surface area contributed by atoms with Gasteiger partial charge in [-0.1, -0.05) is 19.1 Å². The van der Waals surface area contributed by atoms with E-state index >= 15 is 0 Å². The van der Waals surface area contributed by atoms with Crippen LogP contribution in [-0.2, 0) is 21.0 Å². The summed E-state index contributed by atoms with van der Waals surface area (Å²) in [6, 6.07) is 3.92. The van der Waals surface area contributed by atoms with E-state index in [2.05, 4.69) is 5.32 Å². The molecule has 1 aromatic rings. The van der Waals surface area contributed by atoms with E-state index in [0.717, 1.165) is 16.4 Å². The molecule has 0 aromatic heterocycles. The number of rotatable bonds is 5. The molecule has 0 fully saturated rings. The van der Waals surface area contributed by atoms with Gasteiger partial charge in [-0.15, -0.1) is 0 Å². The zero-order valence-electron chi connectivity index (χ0n) is 13.9. The number of benzene rings is 1. The van der Waals surface area contributed by atoms with Gasteiger partial charge in [0.05, 0.1) is 17.0 Å². The van der Waals surface area contributed by atoms with Gasteiger partial charge in [-0.2, -0.15) is 17.5 Å². The quantitative estimate of drug-likeness (QED) is 0.871. The van der Waals surface area contributed by atoms with E-state index in [9.17, 15) is 26.4 Å². The first-order chi connectivity index (χ1) is 10.8. The van der Waals surface area contributed by atoms with Crippen molar-refractivity contribution < 1.29 is 26.4 Å². The summed E-state index contributed by atoms with van der Waals surface area (Å²) in [5, 5.41) is 2.59. The van der Waals surface area contributed by atoms with E-state index < -0.39 is 44.6 Å². The fourth-order valence-corrected chi connectivity index (χ4v) is 3.67. The molecule has 0 spiro atoms. The Bertz CT molecular complexity index is 695. The summed E-state index contributed by atoms with van der Waals surface area (Å²) >= 11 is 0. The summed E-state index contributed by atoms with van der Waals surface area (Å²) in [6.45, 7) is 5.92. The Morgan fingerprint density at radius 1 is 1.17 bits per heavy atom. The van der Waals surface area contributed by atoms with Crippen molar-refractivity contribution in [3.05, 3.63) is 29.8 Å². The number of amides is 1. The number of hydrogen-bond acceptors (Lipinski definition) is 3. The molecule has 24 heavy (non-hydrogen) atoms. The SMILES string of the molecule is CCN(CC(=O)NC(C)(C)C)S(=O)(=O)c1ccccc1C(F)(F)F. The summed E-state index contributed by atoms with van der Waals surface area (Å²) in [4.78, 5) is 11.1. The van der Waals surface area contributed by atoms with Crippen LogP contribution in [0.25, 0.3) is 0 Å². The third-order valence-corrected chi connectivity index (χ3v) is 4.98. The Hall–Kier alpha value is -1.61. The standard InChI is InChI=1S/C15H21F3N2O3S/c1-5-20(10-13(21)19-14(2,3)4)24(22,23)12-9-7-6-8-11(12)15(16,17)18/h6-9H,5,10H2,1-4H3,(H,19,21). The number of hydrogen-bond donors (Lipinski definition) is 1. The Morgan fingerprint density at radius 3 is 2.17 bits per heavy atom. The highest BCUT2D eigenvalue weighted by Crippen LogP contribution is 2.35. The first kappa shape index (κ1) is 20.4. The minimum atomic E-state index is -4.81. The molecule has 0 aliphatic carbocycles. The topological polar surface area (TPSA) is 66.5 Å². The summed E-state index contributed by atoms with van der Waals surface area (Å²) < 4.78 is 65.1. The molecule has 0 atom stereocenters. The minimum absolute atomic E-state index is 0.133. The van der Waals surface area contributed by atoms with Crippen LogP contribution in [0.2, 0.25) is 0 Å². The van der Waals surface area contributed by atoms with Gasteiger partial charge < -0.3 is 5.32 Å². The van der Waals surface area contributed by atoms with Gasteiger partial charge in [0.2, 0.25) is 15.9 Å². The molecule has 0 unspecified atom stereocenters. The maximum Gasteiger partial charge on any atom is 0.417 e. The molecule has 0 saturated heterocycles. The van der Waals surface area contributed by atoms with Crippen molar-refractivity contribution in [3.8, 4) is 0 Å². The Kier molecular flexibility index (Phi) is 6.05. The van der Waals surface area contributed by atoms with E-state index in [4.69, 9.17) is 0 Å². The molecule has 136 valence electrons. The average Bonchev–Trinajstić information content (AvgIpc) is 2.41. The second kappa shape index (κ2) is 7.10. The molecule has 0 heterocycles. The van der Waals surface area contributed by atoms with Crippen LogP contribution in [0.5, 0.6) is 0 Å². The number of halogens is 3. The smallest absolute Gasteiger partial charge is 0.350 e. The highest BCUT2D eigenvalue weighted by atomic mass is 32.2. The van der Waals surface area contributed by atoms with Gasteiger partial charge >= 0.3 is 6.18 Å². The van der Waals surface area contributed by atoms with Crippen LogP contribution in [0.4, 0.5) is 13.2 Å². The third-order valence-electron chi connectivity index (χ3n) is 3.00. The maximum absolute atomic E-state index is 13.1. The Morgan fingerprint density at radius 2 is 1.71 bits per heavy atom. The Balaban J connectivity index is 3.21. The highest BCUT2D eigenvalue weighted by molar-refractivity contribution is 7.89. The normalized spacial score (nSPS) is 13.2. The zero-order valence-corrected chi connectivity index (χ0v) is 14.8. The lowest BCUT2D eigenvalue weighted by Crippen LogP contribution is -2.47. The largest absolute Gasteiger partial charge is 0.417 e. The number of nitrogens with one attached hydrogen (secondary N) is 1. The molecule has 1 aromatic carbocycles. The van der Waals surface area contributed by atoms with Gasteiger partial charge in [-0.3, -0.25) is 4.79 Å². The maximum atomic E-state index is 13.1. The van der Waals surface area contributed by atoms with Gasteiger partial charge in [0.25, 0.3) is 0 Å². The van der Waals surface area contributed by atoms with Crippen LogP contribution < -0.4 is 5.32 Å². The van der Waals surface area contributed by atoms with Crippen molar-refractivity contribution in [3.63, 3.8) is 0 Å². The van der Waals surface area contributed by atoms with E-state index in [-0.39, 0.29) is 6.54 Å². The highest BCUT2D eigenvalue weighted by Gasteiger charge is 2.39. The average molecular weight is 366 g/mol. The second-order valence-corrected chi connectivity index (χ2v) is 8.13. The third kappa shape index (κ3) is 5.20. The number of likely N-dealkylation sites (N-methyl/N-ethyl adjacent to an activating group) is 1. The van der Waals surface area contributed by atoms with Gasteiger partial charge in [-0.25, -0.2) is 8.42 Å². The van der Waals surface area contributed by atoms with Crippen LogP contribution in [0, 0.1) is 0 Å². The van der Waals surface area contributed by atoms with Crippen LogP contribution in [0.15, 0.2) is 29.2 Å². The number of carbonyl (C=O) groups excluding carboxylic acids is 1. The molecule has 0 aliphatic heterocycles. The zero-order chi connectivity index (χ0) is 18.8. The predicted molar refractivity (Wildman–Crippen MR) is 83.8 cm³/mol. The first-order valence-corrected chi connectivity index (χ1v) is 8.70. The fourth-order valence-electron chi connectivity index (χ4n) is 2.05. The van der Waals surface area contributed by atoms with Gasteiger partial charge in [0, 0.05) is 12.1 Å². The van der Waals surface area contributed by atoms with E-state index in [1.165, 1.54) is 13.0 Å². The fraction of sp³-hybridized carbons (Fsp3) is 0.533. The molecule has 1 amide bonds. The summed E-state index contributed by atoms with van der Waals surface area (Å²) in [5.41, 5.74) is -1.83. The lowest BCUT2D eigenvalue weighted by Gasteiger charge is -2.25. The van der Waals surface area contributed by atoms with Crippen molar-refractivity contribution in [2.75, 3.05) is 13.1 Å². The molecule has 0 saturated carbocycles. The second-order valence-electron chi connectivity index (χ2n) is 6.22. The van der Waals surface area contributed by atoms with Crippen molar-refractivity contribution in [2.45, 2.75) is 44.3 Å². The van der Waals surface area contributed by atoms with Crippen LogP contribution in [-0.4, -0.2) is 37.3 Å².